The molecule has 2 aromatic carbocycles. The number of benzene rings is 2. The number of ketones is 1. The second kappa shape index (κ2) is 7.82. The Morgan fingerprint density at radius 2 is 1.70 bits per heavy atom. The summed E-state index contributed by atoms with van der Waals surface area (Å²) in [5.74, 6) is 0.0398. The van der Waals surface area contributed by atoms with Gasteiger partial charge in [0, 0.05) is 27.6 Å². The summed E-state index contributed by atoms with van der Waals surface area (Å²) in [6, 6.07) is 21.0. The summed E-state index contributed by atoms with van der Waals surface area (Å²) in [4.78, 5) is 17.2. The minimum atomic E-state index is 0.0398. The van der Waals surface area contributed by atoms with Crippen LogP contribution in [-0.4, -0.2) is 10.8 Å². The van der Waals surface area contributed by atoms with Gasteiger partial charge in [-0.05, 0) is 30.3 Å². The van der Waals surface area contributed by atoms with Crippen LogP contribution in [0, 0.1) is 0 Å². The number of carbonyl (C=O) groups is 1. The van der Waals surface area contributed by atoms with E-state index in [1.54, 1.807) is 35.6 Å². The van der Waals surface area contributed by atoms with Crippen LogP contribution >= 0.6 is 22.9 Å². The third kappa shape index (κ3) is 4.13. The molecule has 27 heavy (non-hydrogen) atoms. The lowest BCUT2D eigenvalue weighted by Gasteiger charge is -2.00. The van der Waals surface area contributed by atoms with Gasteiger partial charge in [0.15, 0.2) is 12.4 Å². The average molecular weight is 392 g/mol. The van der Waals surface area contributed by atoms with Crippen molar-refractivity contribution in [2.24, 2.45) is 0 Å². The molecule has 3 nitrogen and oxygen atoms in total. The maximum absolute atomic E-state index is 12.5. The van der Waals surface area contributed by atoms with E-state index in [1.807, 2.05) is 47.3 Å². The maximum Gasteiger partial charge on any atom is 0.227 e. The van der Waals surface area contributed by atoms with Crippen LogP contribution < -0.4 is 4.57 Å². The normalized spacial score (nSPS) is 10.7. The van der Waals surface area contributed by atoms with Gasteiger partial charge in [-0.15, -0.1) is 11.3 Å². The molecular formula is C22H16ClN2OS+. The molecule has 0 amide bonds. The maximum atomic E-state index is 12.5. The molecule has 0 atom stereocenters. The summed E-state index contributed by atoms with van der Waals surface area (Å²) in [5, 5.41) is 3.61. The molecule has 0 radical (unpaired) electrons. The molecule has 4 aromatic rings. The fraction of sp³-hybridized carbons (Fsp3) is 0.0455. The van der Waals surface area contributed by atoms with Crippen molar-refractivity contribution in [1.82, 2.24) is 4.98 Å². The molecule has 0 saturated heterocycles. The number of nitrogens with zero attached hydrogens (tertiary/aromatic N) is 2. The molecule has 0 bridgehead atoms. The summed E-state index contributed by atoms with van der Waals surface area (Å²) in [6.45, 7) is 0.270. The Morgan fingerprint density at radius 3 is 2.48 bits per heavy atom. The molecule has 0 N–H and O–H groups in total. The van der Waals surface area contributed by atoms with Gasteiger partial charge >= 0.3 is 0 Å². The standard InChI is InChI=1S/C22H16ClN2OS/c23-19-10-8-17(9-11-19)21(26)14-25-12-4-7-18(13-25)22-24-20(15-27-22)16-5-2-1-3-6-16/h1-13,15H,14H2/q+1. The molecule has 0 spiro atoms. The summed E-state index contributed by atoms with van der Waals surface area (Å²) < 4.78 is 1.88. The second-order valence-corrected chi connectivity index (χ2v) is 7.39. The van der Waals surface area contributed by atoms with Gasteiger partial charge in [0.1, 0.15) is 5.01 Å². The van der Waals surface area contributed by atoms with Crippen molar-refractivity contribution in [2.45, 2.75) is 6.54 Å². The predicted octanol–water partition coefficient (Wildman–Crippen LogP) is 5.30. The van der Waals surface area contributed by atoms with Crippen molar-refractivity contribution in [3.8, 4) is 21.8 Å². The summed E-state index contributed by atoms with van der Waals surface area (Å²) in [6.07, 6.45) is 3.85. The van der Waals surface area contributed by atoms with Crippen LogP contribution in [0.5, 0.6) is 0 Å². The first-order valence-electron chi connectivity index (χ1n) is 8.48. The summed E-state index contributed by atoms with van der Waals surface area (Å²) >= 11 is 7.49. The average Bonchev–Trinajstić information content (AvgIpc) is 3.20. The number of halogens is 1. The van der Waals surface area contributed by atoms with Gasteiger partial charge in [0.05, 0.1) is 11.3 Å². The van der Waals surface area contributed by atoms with E-state index < -0.39 is 0 Å². The van der Waals surface area contributed by atoms with Crippen LogP contribution in [0.1, 0.15) is 10.4 Å². The molecule has 0 fully saturated rings. The summed E-state index contributed by atoms with van der Waals surface area (Å²) in [7, 11) is 0. The third-order valence-electron chi connectivity index (χ3n) is 4.17. The Kier molecular flexibility index (Phi) is 5.10. The minimum absolute atomic E-state index is 0.0398. The highest BCUT2D eigenvalue weighted by atomic mass is 35.5. The Bertz CT molecular complexity index is 1070. The molecule has 0 saturated carbocycles. The zero-order valence-electron chi connectivity index (χ0n) is 14.4. The van der Waals surface area contributed by atoms with Crippen molar-refractivity contribution in [3.05, 3.63) is 95.1 Å². The Morgan fingerprint density at radius 1 is 0.963 bits per heavy atom. The number of thiazole rings is 1. The van der Waals surface area contributed by atoms with Crippen LogP contribution in [0.2, 0.25) is 5.02 Å². The highest BCUT2D eigenvalue weighted by Gasteiger charge is 2.14. The van der Waals surface area contributed by atoms with E-state index in [1.165, 1.54) is 0 Å². The lowest BCUT2D eigenvalue weighted by Crippen LogP contribution is -2.37. The van der Waals surface area contributed by atoms with Crippen LogP contribution in [-0.2, 0) is 6.54 Å². The SMILES string of the molecule is O=C(C[n+]1cccc(-c2nc(-c3ccccc3)cs2)c1)c1ccc(Cl)cc1. The van der Waals surface area contributed by atoms with Crippen molar-refractivity contribution >= 4 is 28.7 Å². The quantitative estimate of drug-likeness (QED) is 0.341. The molecule has 2 aromatic heterocycles. The molecule has 0 aliphatic heterocycles. The lowest BCUT2D eigenvalue weighted by molar-refractivity contribution is -0.682. The van der Waals surface area contributed by atoms with E-state index >= 15 is 0 Å². The Balaban J connectivity index is 1.55. The van der Waals surface area contributed by atoms with Gasteiger partial charge in [-0.3, -0.25) is 4.79 Å². The van der Waals surface area contributed by atoms with Gasteiger partial charge in [-0.2, -0.15) is 4.57 Å². The van der Waals surface area contributed by atoms with E-state index in [0.29, 0.717) is 10.6 Å². The van der Waals surface area contributed by atoms with E-state index in [-0.39, 0.29) is 12.3 Å². The Hall–Kier alpha value is -2.82. The molecule has 2 heterocycles. The van der Waals surface area contributed by atoms with Crippen molar-refractivity contribution in [1.29, 1.82) is 0 Å². The van der Waals surface area contributed by atoms with Gasteiger partial charge in [-0.25, -0.2) is 4.98 Å². The number of pyridine rings is 1. The smallest absolute Gasteiger partial charge is 0.227 e. The molecule has 0 unspecified atom stereocenters. The number of rotatable bonds is 5. The van der Waals surface area contributed by atoms with Gasteiger partial charge in [0.25, 0.3) is 0 Å². The molecule has 4 rings (SSSR count). The number of carbonyl (C=O) groups excluding carboxylic acids is 1. The van der Waals surface area contributed by atoms with Crippen molar-refractivity contribution in [3.63, 3.8) is 0 Å². The first-order chi connectivity index (χ1) is 13.2. The van der Waals surface area contributed by atoms with Crippen LogP contribution in [0.25, 0.3) is 21.8 Å². The first-order valence-corrected chi connectivity index (χ1v) is 9.74. The van der Waals surface area contributed by atoms with Crippen LogP contribution in [0.15, 0.2) is 84.5 Å². The zero-order valence-corrected chi connectivity index (χ0v) is 16.0. The lowest BCUT2D eigenvalue weighted by atomic mass is 10.1. The van der Waals surface area contributed by atoms with E-state index in [2.05, 4.69) is 17.5 Å². The first kappa shape index (κ1) is 17.6. The molecule has 132 valence electrons. The molecule has 0 aliphatic carbocycles. The molecule has 0 aliphatic rings. The fourth-order valence-electron chi connectivity index (χ4n) is 2.79. The highest BCUT2D eigenvalue weighted by molar-refractivity contribution is 7.13. The van der Waals surface area contributed by atoms with Gasteiger partial charge < -0.3 is 0 Å². The molecular weight excluding hydrogens is 376 g/mol. The van der Waals surface area contributed by atoms with Crippen LogP contribution in [0.4, 0.5) is 0 Å². The number of hydrogen-bond donors (Lipinski definition) is 0. The second-order valence-electron chi connectivity index (χ2n) is 6.10. The van der Waals surface area contributed by atoms with Crippen molar-refractivity contribution in [2.75, 3.05) is 0 Å². The summed E-state index contributed by atoms with van der Waals surface area (Å²) in [5.41, 5.74) is 3.71. The highest BCUT2D eigenvalue weighted by Crippen LogP contribution is 2.27. The number of Topliss-reactive ketones (excluding diaryl/α,β-unsaturated/α-hetero) is 1. The number of hydrogen-bond acceptors (Lipinski definition) is 3. The Labute approximate surface area is 166 Å². The fourth-order valence-corrected chi connectivity index (χ4v) is 3.73. The van der Waals surface area contributed by atoms with E-state index in [4.69, 9.17) is 16.6 Å². The topological polar surface area (TPSA) is 33.8 Å². The minimum Gasteiger partial charge on any atom is -0.287 e. The van der Waals surface area contributed by atoms with Gasteiger partial charge in [0.2, 0.25) is 12.3 Å². The zero-order chi connectivity index (χ0) is 18.6. The van der Waals surface area contributed by atoms with Crippen molar-refractivity contribution < 1.29 is 9.36 Å². The van der Waals surface area contributed by atoms with Gasteiger partial charge in [-0.1, -0.05) is 41.9 Å². The largest absolute Gasteiger partial charge is 0.287 e. The third-order valence-corrected chi connectivity index (χ3v) is 5.31. The van der Waals surface area contributed by atoms with E-state index in [0.717, 1.165) is 21.8 Å². The monoisotopic (exact) mass is 391 g/mol. The molecule has 5 heteroatoms. The predicted molar refractivity (Wildman–Crippen MR) is 109 cm³/mol. The van der Waals surface area contributed by atoms with E-state index in [9.17, 15) is 4.79 Å². The van der Waals surface area contributed by atoms with Crippen LogP contribution in [0.3, 0.4) is 0 Å². The number of aromatic nitrogens is 2.